The fraction of sp³-hybridized carbons (Fsp3) is 0.553. The predicted octanol–water partition coefficient (Wildman–Crippen LogP) is 0.110. The average molecular weight is 938 g/mol. The molecule has 2 rings (SSSR count). The molecule has 0 unspecified atom stereocenters. The van der Waals surface area contributed by atoms with Gasteiger partial charge in [-0.1, -0.05) is 84.0 Å². The summed E-state index contributed by atoms with van der Waals surface area (Å²) in [7, 11) is 0. The highest BCUT2D eigenvalue weighted by molar-refractivity contribution is 5.99. The molecule has 0 aliphatic heterocycles. The minimum atomic E-state index is -1.52. The van der Waals surface area contributed by atoms with E-state index in [0.717, 1.165) is 0 Å². The predicted molar refractivity (Wildman–Crippen MR) is 249 cm³/mol. The molecule has 0 fully saturated rings. The van der Waals surface area contributed by atoms with Crippen molar-refractivity contribution in [2.75, 3.05) is 26.2 Å². The Morgan fingerprint density at radius 3 is 1.79 bits per heavy atom. The summed E-state index contributed by atoms with van der Waals surface area (Å²) in [5, 5.41) is 38.1. The van der Waals surface area contributed by atoms with Crippen LogP contribution in [0.15, 0.2) is 54.6 Å². The van der Waals surface area contributed by atoms with Crippen molar-refractivity contribution in [3.05, 3.63) is 71.3 Å². The summed E-state index contributed by atoms with van der Waals surface area (Å²) < 4.78 is 0. The number of nitrogens with two attached hydrogens (primary N) is 1. The van der Waals surface area contributed by atoms with Crippen LogP contribution >= 0.6 is 0 Å². The lowest BCUT2D eigenvalue weighted by molar-refractivity contribution is -0.144. The molecule has 20 heteroatoms. The van der Waals surface area contributed by atoms with Crippen LogP contribution in [-0.4, -0.2) is 131 Å². The van der Waals surface area contributed by atoms with Crippen LogP contribution < -0.4 is 43.0 Å². The Labute approximate surface area is 392 Å². The third kappa shape index (κ3) is 20.8. The zero-order chi connectivity index (χ0) is 50.4. The van der Waals surface area contributed by atoms with E-state index in [9.17, 15) is 53.4 Å². The SMILES string of the molecule is CC(C)C[C@H](NC(=O)CCN)C(=O)N[C@@H](C)C(=O)NCCN(CC(=O)NCc1cccc(C(=O)N[C@@H](CC(C)C)C(=O)N[C@H](C(=O)N[C@H](C(=O)O)C(C)C)[C@@H](C)O)c1)C(=O)Cc1ccccc1. The summed E-state index contributed by atoms with van der Waals surface area (Å²) in [6.07, 6.45) is -0.893. The van der Waals surface area contributed by atoms with Crippen LogP contribution in [0.3, 0.4) is 0 Å². The van der Waals surface area contributed by atoms with E-state index >= 15 is 0 Å². The number of hydrogen-bond acceptors (Lipinski definition) is 11. The Hall–Kier alpha value is -6.41. The monoisotopic (exact) mass is 938 g/mol. The van der Waals surface area contributed by atoms with Gasteiger partial charge in [0.25, 0.3) is 5.91 Å². The van der Waals surface area contributed by atoms with Crippen molar-refractivity contribution in [2.45, 2.75) is 124 Å². The molecule has 11 N–H and O–H groups in total. The van der Waals surface area contributed by atoms with E-state index in [2.05, 4.69) is 37.2 Å². The van der Waals surface area contributed by atoms with E-state index in [-0.39, 0.29) is 81.2 Å². The molecule has 2 aromatic rings. The number of carboxylic acid groups (broad SMARTS) is 1. The summed E-state index contributed by atoms with van der Waals surface area (Å²) in [5.41, 5.74) is 6.83. The lowest BCUT2D eigenvalue weighted by Gasteiger charge is -2.27. The highest BCUT2D eigenvalue weighted by Gasteiger charge is 2.34. The fourth-order valence-electron chi connectivity index (χ4n) is 6.73. The maximum absolute atomic E-state index is 13.5. The summed E-state index contributed by atoms with van der Waals surface area (Å²) in [6, 6.07) is 9.35. The molecule has 6 atom stereocenters. The number of carbonyl (C=O) groups excluding carboxylic acids is 8. The topological polar surface area (TPSA) is 308 Å². The van der Waals surface area contributed by atoms with Gasteiger partial charge in [-0.05, 0) is 67.7 Å². The lowest BCUT2D eigenvalue weighted by Crippen LogP contribution is -2.59. The van der Waals surface area contributed by atoms with Gasteiger partial charge in [-0.2, -0.15) is 0 Å². The number of carbonyl (C=O) groups is 9. The largest absolute Gasteiger partial charge is 0.480 e. The van der Waals surface area contributed by atoms with Gasteiger partial charge in [-0.3, -0.25) is 38.4 Å². The standard InChI is InChI=1S/C47H71N9O11/c1-27(2)21-35(52-37(58)17-18-48)44(63)51-30(7)42(61)49-19-20-56(39(60)24-32-13-10-9-11-14-32)26-38(59)50-25-33-15-12-16-34(23-33)43(62)53-36(22-28(3)4)45(64)55-41(31(8)57)46(65)54-40(29(5)6)47(66)67/h9-16,23,27-31,35-36,40-41,57H,17-22,24-26,48H2,1-8H3,(H,49,61)(H,50,59)(H,51,63)(H,52,58)(H,53,62)(H,54,65)(H,55,64)(H,66,67)/t30-,31+,35-,36-,40-,41-/m0/s1. The number of hydrogen-bond donors (Lipinski definition) is 10. The summed E-state index contributed by atoms with van der Waals surface area (Å²) in [5.74, 6) is -6.51. The molecule has 20 nitrogen and oxygen atoms in total. The molecule has 2 aromatic carbocycles. The second kappa shape index (κ2) is 28.6. The van der Waals surface area contributed by atoms with E-state index in [1.807, 2.05) is 27.7 Å². The Balaban J connectivity index is 2.13. The minimum absolute atomic E-state index is 0.0230. The third-order valence-electron chi connectivity index (χ3n) is 10.3. The Morgan fingerprint density at radius 2 is 1.22 bits per heavy atom. The molecule has 370 valence electrons. The normalized spacial score (nSPS) is 13.8. The van der Waals surface area contributed by atoms with Gasteiger partial charge >= 0.3 is 5.97 Å². The van der Waals surface area contributed by atoms with Crippen molar-refractivity contribution in [2.24, 2.45) is 23.5 Å². The number of nitrogens with one attached hydrogen (secondary N) is 7. The quantitative estimate of drug-likeness (QED) is 0.0544. The van der Waals surface area contributed by atoms with E-state index < -0.39 is 83.6 Å². The van der Waals surface area contributed by atoms with Gasteiger partial charge < -0.3 is 58.1 Å². The number of benzene rings is 2. The van der Waals surface area contributed by atoms with Gasteiger partial charge in [-0.15, -0.1) is 0 Å². The van der Waals surface area contributed by atoms with Gasteiger partial charge in [0.15, 0.2) is 0 Å². The Bertz CT molecular complexity index is 1990. The summed E-state index contributed by atoms with van der Waals surface area (Å²) in [6.45, 7) is 13.0. The van der Waals surface area contributed by atoms with Crippen molar-refractivity contribution in [1.29, 1.82) is 0 Å². The highest BCUT2D eigenvalue weighted by atomic mass is 16.4. The van der Waals surface area contributed by atoms with Crippen molar-refractivity contribution in [3.8, 4) is 0 Å². The summed E-state index contributed by atoms with van der Waals surface area (Å²) in [4.78, 5) is 118. The maximum Gasteiger partial charge on any atom is 0.326 e. The van der Waals surface area contributed by atoms with Crippen LogP contribution in [-0.2, 0) is 51.3 Å². The van der Waals surface area contributed by atoms with Crippen LogP contribution in [0.4, 0.5) is 0 Å². The van der Waals surface area contributed by atoms with Gasteiger partial charge in [0.1, 0.15) is 30.2 Å². The number of carboxylic acids is 1. The molecule has 0 bridgehead atoms. The first-order valence-electron chi connectivity index (χ1n) is 22.6. The number of amides is 8. The number of aliphatic hydroxyl groups is 1. The van der Waals surface area contributed by atoms with Crippen LogP contribution in [0.2, 0.25) is 0 Å². The first kappa shape index (κ1) is 56.7. The smallest absolute Gasteiger partial charge is 0.326 e. The molecular weight excluding hydrogens is 867 g/mol. The van der Waals surface area contributed by atoms with Crippen LogP contribution in [0.1, 0.15) is 96.1 Å². The van der Waals surface area contributed by atoms with Crippen molar-refractivity contribution >= 4 is 53.2 Å². The van der Waals surface area contributed by atoms with E-state index in [1.165, 1.54) is 30.9 Å². The second-order valence-electron chi connectivity index (χ2n) is 17.7. The van der Waals surface area contributed by atoms with Gasteiger partial charge in [-0.25, -0.2) is 4.79 Å². The molecule has 0 saturated heterocycles. The van der Waals surface area contributed by atoms with E-state index in [1.54, 1.807) is 56.3 Å². The molecule has 0 spiro atoms. The highest BCUT2D eigenvalue weighted by Crippen LogP contribution is 2.12. The third-order valence-corrected chi connectivity index (χ3v) is 10.3. The molecule has 8 amide bonds. The maximum atomic E-state index is 13.5. The zero-order valence-electron chi connectivity index (χ0n) is 39.8. The molecule has 0 saturated carbocycles. The van der Waals surface area contributed by atoms with E-state index in [4.69, 9.17) is 5.73 Å². The number of rotatable bonds is 28. The fourth-order valence-corrected chi connectivity index (χ4v) is 6.73. The van der Waals surface area contributed by atoms with Crippen molar-refractivity contribution < 1.29 is 53.4 Å². The van der Waals surface area contributed by atoms with Crippen molar-refractivity contribution in [3.63, 3.8) is 0 Å². The average Bonchev–Trinajstić information content (AvgIpc) is 3.25. The van der Waals surface area contributed by atoms with Gasteiger partial charge in [0.05, 0.1) is 19.1 Å². The van der Waals surface area contributed by atoms with Gasteiger partial charge in [0, 0.05) is 38.2 Å². The van der Waals surface area contributed by atoms with Gasteiger partial charge in [0.2, 0.25) is 41.4 Å². The Kier molecular flexibility index (Phi) is 24.2. The first-order chi connectivity index (χ1) is 31.5. The number of aliphatic hydroxyl groups excluding tert-OH is 1. The number of aliphatic carboxylic acids is 1. The molecule has 0 aromatic heterocycles. The number of nitrogens with zero attached hydrogens (tertiary/aromatic N) is 1. The molecule has 67 heavy (non-hydrogen) atoms. The van der Waals surface area contributed by atoms with Crippen LogP contribution in [0.25, 0.3) is 0 Å². The minimum Gasteiger partial charge on any atom is -0.480 e. The first-order valence-corrected chi connectivity index (χ1v) is 22.6. The molecule has 0 aliphatic rings. The zero-order valence-corrected chi connectivity index (χ0v) is 39.8. The van der Waals surface area contributed by atoms with E-state index in [0.29, 0.717) is 17.5 Å². The van der Waals surface area contributed by atoms with Crippen LogP contribution in [0.5, 0.6) is 0 Å². The van der Waals surface area contributed by atoms with Crippen LogP contribution in [0, 0.1) is 17.8 Å². The molecule has 0 radical (unpaired) electrons. The van der Waals surface area contributed by atoms with Crippen molar-refractivity contribution in [1.82, 2.24) is 42.1 Å². The lowest BCUT2D eigenvalue weighted by atomic mass is 10.0. The summed E-state index contributed by atoms with van der Waals surface area (Å²) >= 11 is 0. The Morgan fingerprint density at radius 1 is 0.642 bits per heavy atom. The second-order valence-corrected chi connectivity index (χ2v) is 17.7. The molecule has 0 heterocycles. The molecular formula is C47H71N9O11. The molecule has 0 aliphatic carbocycles.